The molecule has 0 unspecified atom stereocenters. The fraction of sp³-hybridized carbons (Fsp3) is 0.636. The molecule has 14 heavy (non-hydrogen) atoms. The Hall–Kier alpha value is -1.12. The Morgan fingerprint density at radius 3 is 2.93 bits per heavy atom. The van der Waals surface area contributed by atoms with Gasteiger partial charge in [0, 0.05) is 24.7 Å². The van der Waals surface area contributed by atoms with Gasteiger partial charge >= 0.3 is 0 Å². The van der Waals surface area contributed by atoms with E-state index in [9.17, 15) is 4.79 Å². The monoisotopic (exact) mass is 192 g/mol. The number of hydrogen-bond acceptors (Lipinski definition) is 2. The first kappa shape index (κ1) is 9.44. The number of aromatic nitrogens is 2. The highest BCUT2D eigenvalue weighted by Gasteiger charge is 2.26. The molecule has 0 atom stereocenters. The summed E-state index contributed by atoms with van der Waals surface area (Å²) in [7, 11) is 0. The minimum atomic E-state index is 0.100. The van der Waals surface area contributed by atoms with Crippen LogP contribution in [0.1, 0.15) is 31.8 Å². The van der Waals surface area contributed by atoms with Gasteiger partial charge in [0.15, 0.2) is 0 Å². The third kappa shape index (κ3) is 1.59. The van der Waals surface area contributed by atoms with Gasteiger partial charge in [0.2, 0.25) is 0 Å². The van der Waals surface area contributed by atoms with Crippen molar-refractivity contribution in [3.05, 3.63) is 27.9 Å². The van der Waals surface area contributed by atoms with Crippen LogP contribution in [-0.4, -0.2) is 9.55 Å². The lowest BCUT2D eigenvalue weighted by molar-refractivity contribution is 0.259. The fourth-order valence-electron chi connectivity index (χ4n) is 1.99. The second-order valence-corrected chi connectivity index (χ2v) is 4.89. The normalized spacial score (nSPS) is 19.1. The van der Waals surface area contributed by atoms with Crippen LogP contribution in [0.4, 0.5) is 0 Å². The first-order valence-corrected chi connectivity index (χ1v) is 5.05. The van der Waals surface area contributed by atoms with Crippen molar-refractivity contribution in [2.75, 3.05) is 0 Å². The van der Waals surface area contributed by atoms with E-state index in [0.717, 1.165) is 30.9 Å². The molecular formula is C11H16N2O. The Morgan fingerprint density at radius 1 is 1.50 bits per heavy atom. The van der Waals surface area contributed by atoms with Gasteiger partial charge in [-0.3, -0.25) is 9.36 Å². The van der Waals surface area contributed by atoms with Crippen molar-refractivity contribution in [1.29, 1.82) is 0 Å². The van der Waals surface area contributed by atoms with E-state index in [2.05, 4.69) is 18.8 Å². The van der Waals surface area contributed by atoms with E-state index >= 15 is 0 Å². The number of rotatable bonds is 0. The van der Waals surface area contributed by atoms with E-state index in [1.54, 1.807) is 10.6 Å². The van der Waals surface area contributed by atoms with Crippen LogP contribution in [-0.2, 0) is 13.0 Å². The van der Waals surface area contributed by atoms with Crippen molar-refractivity contribution in [3.8, 4) is 0 Å². The maximum atomic E-state index is 11.6. The van der Waals surface area contributed by atoms with Gasteiger partial charge < -0.3 is 0 Å². The summed E-state index contributed by atoms with van der Waals surface area (Å²) in [5, 5.41) is 0. The first-order chi connectivity index (χ1) is 6.48. The van der Waals surface area contributed by atoms with Gasteiger partial charge in [0.05, 0.1) is 0 Å². The number of nitrogens with zero attached hydrogens (tertiary/aromatic N) is 2. The molecule has 0 radical (unpaired) electrons. The van der Waals surface area contributed by atoms with E-state index in [-0.39, 0.29) is 11.0 Å². The Balaban J connectivity index is 2.52. The van der Waals surface area contributed by atoms with Gasteiger partial charge in [-0.1, -0.05) is 13.8 Å². The first-order valence-electron chi connectivity index (χ1n) is 5.05. The van der Waals surface area contributed by atoms with Crippen LogP contribution in [0.25, 0.3) is 0 Å². The molecule has 0 spiro atoms. The lowest BCUT2D eigenvalue weighted by Crippen LogP contribution is -2.35. The molecule has 1 aliphatic rings. The molecule has 0 fully saturated rings. The molecule has 0 saturated heterocycles. The maximum absolute atomic E-state index is 11.6. The molecule has 3 heteroatoms. The molecule has 0 N–H and O–H groups in total. The smallest absolute Gasteiger partial charge is 0.253 e. The second kappa shape index (κ2) is 2.94. The molecule has 0 bridgehead atoms. The topological polar surface area (TPSA) is 34.9 Å². The number of aryl methyl sites for hydroxylation is 1. The maximum Gasteiger partial charge on any atom is 0.253 e. The van der Waals surface area contributed by atoms with E-state index in [0.29, 0.717) is 0 Å². The predicted octanol–water partition coefficient (Wildman–Crippen LogP) is 1.52. The van der Waals surface area contributed by atoms with Crippen molar-refractivity contribution in [2.45, 2.75) is 40.2 Å². The summed E-state index contributed by atoms with van der Waals surface area (Å²) >= 11 is 0. The number of hydrogen-bond donors (Lipinski definition) is 0. The van der Waals surface area contributed by atoms with Gasteiger partial charge in [-0.25, -0.2) is 4.98 Å². The molecular weight excluding hydrogens is 176 g/mol. The van der Waals surface area contributed by atoms with Crippen LogP contribution in [0.3, 0.4) is 0 Å². The summed E-state index contributed by atoms with van der Waals surface area (Å²) < 4.78 is 1.80. The van der Waals surface area contributed by atoms with E-state index in [1.165, 1.54) is 0 Å². The second-order valence-electron chi connectivity index (χ2n) is 4.89. The average molecular weight is 192 g/mol. The Bertz CT molecular complexity index is 418. The molecule has 1 aliphatic heterocycles. The standard InChI is InChI=1S/C11H16N2O/c1-8-6-10(14)13-5-4-11(2,3)7-9(13)12-8/h6H,4-5,7H2,1-3H3. The Morgan fingerprint density at radius 2 is 2.21 bits per heavy atom. The summed E-state index contributed by atoms with van der Waals surface area (Å²) in [4.78, 5) is 16.1. The Labute approximate surface area is 83.8 Å². The predicted molar refractivity (Wildman–Crippen MR) is 55.3 cm³/mol. The minimum Gasteiger partial charge on any atom is -0.297 e. The molecule has 0 saturated carbocycles. The van der Waals surface area contributed by atoms with Gasteiger partial charge in [-0.2, -0.15) is 0 Å². The highest BCUT2D eigenvalue weighted by molar-refractivity contribution is 5.06. The highest BCUT2D eigenvalue weighted by Crippen LogP contribution is 2.29. The SMILES string of the molecule is Cc1cc(=O)n2c(n1)CC(C)(C)CC2. The van der Waals surface area contributed by atoms with Crippen molar-refractivity contribution < 1.29 is 0 Å². The fourth-order valence-corrected chi connectivity index (χ4v) is 1.99. The van der Waals surface area contributed by atoms with Gasteiger partial charge in [-0.05, 0) is 18.8 Å². The third-order valence-electron chi connectivity index (χ3n) is 2.86. The quantitative estimate of drug-likeness (QED) is 0.624. The van der Waals surface area contributed by atoms with Crippen LogP contribution >= 0.6 is 0 Å². The van der Waals surface area contributed by atoms with E-state index < -0.39 is 0 Å². The van der Waals surface area contributed by atoms with Gasteiger partial charge in [0.1, 0.15) is 5.82 Å². The van der Waals surface area contributed by atoms with Crippen molar-refractivity contribution in [1.82, 2.24) is 9.55 Å². The molecule has 1 aromatic rings. The van der Waals surface area contributed by atoms with Crippen LogP contribution < -0.4 is 5.56 Å². The zero-order valence-electron chi connectivity index (χ0n) is 9.00. The van der Waals surface area contributed by atoms with E-state index in [4.69, 9.17) is 0 Å². The summed E-state index contributed by atoms with van der Waals surface area (Å²) in [5.41, 5.74) is 1.22. The molecule has 1 aromatic heterocycles. The average Bonchev–Trinajstić information content (AvgIpc) is 2.00. The van der Waals surface area contributed by atoms with Crippen molar-refractivity contribution in [2.24, 2.45) is 5.41 Å². The van der Waals surface area contributed by atoms with Crippen LogP contribution in [0.15, 0.2) is 10.9 Å². The van der Waals surface area contributed by atoms with E-state index in [1.807, 2.05) is 6.92 Å². The number of fused-ring (bicyclic) bond motifs is 1. The zero-order chi connectivity index (χ0) is 10.3. The van der Waals surface area contributed by atoms with Crippen LogP contribution in [0, 0.1) is 12.3 Å². The molecule has 76 valence electrons. The lowest BCUT2D eigenvalue weighted by atomic mass is 9.83. The molecule has 2 rings (SSSR count). The summed E-state index contributed by atoms with van der Waals surface area (Å²) in [6.45, 7) is 7.15. The van der Waals surface area contributed by atoms with Gasteiger partial charge in [-0.15, -0.1) is 0 Å². The summed E-state index contributed by atoms with van der Waals surface area (Å²) in [6.07, 6.45) is 1.97. The van der Waals surface area contributed by atoms with Crippen LogP contribution in [0.5, 0.6) is 0 Å². The molecule has 2 heterocycles. The molecule has 3 nitrogen and oxygen atoms in total. The van der Waals surface area contributed by atoms with Crippen molar-refractivity contribution in [3.63, 3.8) is 0 Å². The summed E-state index contributed by atoms with van der Waals surface area (Å²) in [6, 6.07) is 1.61. The minimum absolute atomic E-state index is 0.100. The largest absolute Gasteiger partial charge is 0.297 e. The molecule has 0 amide bonds. The molecule has 0 aromatic carbocycles. The van der Waals surface area contributed by atoms with Crippen molar-refractivity contribution >= 4 is 0 Å². The Kier molecular flexibility index (Phi) is 1.98. The summed E-state index contributed by atoms with van der Waals surface area (Å²) in [5.74, 6) is 0.950. The molecule has 0 aliphatic carbocycles. The third-order valence-corrected chi connectivity index (χ3v) is 2.86. The zero-order valence-corrected chi connectivity index (χ0v) is 9.00. The van der Waals surface area contributed by atoms with Gasteiger partial charge in [0.25, 0.3) is 5.56 Å². The lowest BCUT2D eigenvalue weighted by Gasteiger charge is -2.31. The van der Waals surface area contributed by atoms with Crippen LogP contribution in [0.2, 0.25) is 0 Å². The highest BCUT2D eigenvalue weighted by atomic mass is 16.1.